The zero-order chi connectivity index (χ0) is 25.3. The number of aromatic nitrogens is 1. The largest absolute Gasteiger partial charge is 0.486 e. The molecule has 1 amide bonds. The van der Waals surface area contributed by atoms with Gasteiger partial charge in [-0.2, -0.15) is 0 Å². The summed E-state index contributed by atoms with van der Waals surface area (Å²) in [5.74, 6) is 0.313. The fraction of sp³-hybridized carbons (Fsp3) is 0.222. The third kappa shape index (κ3) is 4.80. The van der Waals surface area contributed by atoms with Gasteiger partial charge in [-0.3, -0.25) is 4.79 Å². The number of aliphatic hydroxyl groups excluding tert-OH is 1. The van der Waals surface area contributed by atoms with Crippen molar-refractivity contribution in [2.45, 2.75) is 17.4 Å². The second-order valence-corrected chi connectivity index (χ2v) is 10.8. The van der Waals surface area contributed by atoms with Gasteiger partial charge in [0.15, 0.2) is 21.3 Å². The molecule has 1 aliphatic rings. The summed E-state index contributed by atoms with van der Waals surface area (Å²) in [4.78, 5) is 16.8. The summed E-state index contributed by atoms with van der Waals surface area (Å²) in [5.41, 5.74) is 3.47. The van der Waals surface area contributed by atoms with Gasteiger partial charge in [-0.25, -0.2) is 8.42 Å². The van der Waals surface area contributed by atoms with Crippen molar-refractivity contribution in [1.82, 2.24) is 10.3 Å². The van der Waals surface area contributed by atoms with Crippen LogP contribution in [0.4, 0.5) is 0 Å². The molecule has 8 nitrogen and oxygen atoms in total. The van der Waals surface area contributed by atoms with Crippen molar-refractivity contribution in [2.24, 2.45) is 0 Å². The third-order valence-electron chi connectivity index (χ3n) is 6.18. The van der Waals surface area contributed by atoms with E-state index in [1.54, 1.807) is 30.3 Å². The molecule has 3 aromatic carbocycles. The smallest absolute Gasteiger partial charge is 0.255 e. The summed E-state index contributed by atoms with van der Waals surface area (Å²) < 4.78 is 35.6. The van der Waals surface area contributed by atoms with Crippen molar-refractivity contribution in [3.8, 4) is 22.6 Å². The van der Waals surface area contributed by atoms with Gasteiger partial charge in [0.25, 0.3) is 5.91 Å². The van der Waals surface area contributed by atoms with Crippen LogP contribution in [0.15, 0.2) is 71.8 Å². The maximum Gasteiger partial charge on any atom is 0.255 e. The van der Waals surface area contributed by atoms with E-state index in [2.05, 4.69) is 10.3 Å². The van der Waals surface area contributed by atoms with Crippen LogP contribution in [0.1, 0.15) is 15.9 Å². The molecule has 3 N–H and O–H groups in total. The number of benzene rings is 3. The molecular formula is C27H26N2O6S. The Morgan fingerprint density at radius 1 is 1.06 bits per heavy atom. The number of hydrogen-bond donors (Lipinski definition) is 3. The molecule has 9 heteroatoms. The van der Waals surface area contributed by atoms with Gasteiger partial charge in [0, 0.05) is 23.4 Å². The molecule has 0 saturated carbocycles. The predicted molar refractivity (Wildman–Crippen MR) is 136 cm³/mol. The minimum absolute atomic E-state index is 0.181. The molecule has 5 rings (SSSR count). The lowest BCUT2D eigenvalue weighted by atomic mass is 10.00. The highest BCUT2D eigenvalue weighted by atomic mass is 32.2. The van der Waals surface area contributed by atoms with E-state index in [0.717, 1.165) is 22.7 Å². The summed E-state index contributed by atoms with van der Waals surface area (Å²) in [7, 11) is -3.40. The van der Waals surface area contributed by atoms with Gasteiger partial charge < -0.3 is 24.9 Å². The molecular weight excluding hydrogens is 480 g/mol. The molecule has 36 heavy (non-hydrogen) atoms. The molecule has 0 spiro atoms. The summed E-state index contributed by atoms with van der Waals surface area (Å²) in [5, 5.41) is 14.0. The van der Waals surface area contributed by atoms with Crippen LogP contribution in [0, 0.1) is 0 Å². The van der Waals surface area contributed by atoms with Crippen molar-refractivity contribution >= 4 is 26.6 Å². The lowest BCUT2D eigenvalue weighted by Crippen LogP contribution is -2.39. The maximum atomic E-state index is 13.4. The van der Waals surface area contributed by atoms with Crippen molar-refractivity contribution < 1.29 is 27.8 Å². The Hall–Kier alpha value is -3.82. The summed E-state index contributed by atoms with van der Waals surface area (Å²) >= 11 is 0. The number of carbonyl (C=O) groups is 1. The van der Waals surface area contributed by atoms with Gasteiger partial charge in [-0.1, -0.05) is 30.3 Å². The second kappa shape index (κ2) is 9.67. The molecule has 0 aliphatic carbocycles. The SMILES string of the molecule is CS(=O)(=O)c1cccc(-c2cc3c(c(C(=O)N[C@@H](CO)Cc4c[nH]c5ccccc45)c2)OCCO3)c1. The first-order chi connectivity index (χ1) is 17.3. The van der Waals surface area contributed by atoms with Crippen LogP contribution in [0.5, 0.6) is 11.5 Å². The topological polar surface area (TPSA) is 118 Å². The molecule has 4 aromatic rings. The van der Waals surface area contributed by atoms with Crippen molar-refractivity contribution in [1.29, 1.82) is 0 Å². The van der Waals surface area contributed by atoms with E-state index in [4.69, 9.17) is 9.47 Å². The minimum Gasteiger partial charge on any atom is -0.486 e. The number of amides is 1. The average Bonchev–Trinajstić information content (AvgIpc) is 3.30. The van der Waals surface area contributed by atoms with Crippen molar-refractivity contribution in [3.05, 3.63) is 78.0 Å². The Morgan fingerprint density at radius 2 is 1.86 bits per heavy atom. The standard InChI is InChI=1S/C27H26N2O6S/c1-36(32,33)21-6-4-5-17(12-21)18-13-23(26-25(14-18)34-9-10-35-26)27(31)29-20(16-30)11-19-15-28-24-8-3-2-7-22(19)24/h2-8,12-15,20,28,30H,9-11,16H2,1H3,(H,29,31)/t20-/m1/s1. The fourth-order valence-corrected chi connectivity index (χ4v) is 5.05. The molecule has 0 fully saturated rings. The zero-order valence-electron chi connectivity index (χ0n) is 19.7. The number of H-pyrrole nitrogens is 1. The van der Waals surface area contributed by atoms with Gasteiger partial charge in [0.1, 0.15) is 13.2 Å². The normalized spacial score (nSPS) is 13.9. The Balaban J connectivity index is 1.47. The van der Waals surface area contributed by atoms with Crippen LogP contribution >= 0.6 is 0 Å². The van der Waals surface area contributed by atoms with Crippen LogP contribution in [0.3, 0.4) is 0 Å². The van der Waals surface area contributed by atoms with Crippen LogP contribution in [-0.2, 0) is 16.3 Å². The fourth-order valence-electron chi connectivity index (χ4n) is 4.39. The summed E-state index contributed by atoms with van der Waals surface area (Å²) in [6, 6.07) is 17.2. The van der Waals surface area contributed by atoms with Crippen molar-refractivity contribution in [2.75, 3.05) is 26.1 Å². The van der Waals surface area contributed by atoms with E-state index in [0.29, 0.717) is 42.3 Å². The number of sulfone groups is 1. The first kappa shape index (κ1) is 23.9. The highest BCUT2D eigenvalue weighted by molar-refractivity contribution is 7.90. The van der Waals surface area contributed by atoms with E-state index in [1.165, 1.54) is 6.07 Å². The minimum atomic E-state index is -3.40. The average molecular weight is 507 g/mol. The van der Waals surface area contributed by atoms with Gasteiger partial charge in [0.2, 0.25) is 0 Å². The molecule has 186 valence electrons. The van der Waals surface area contributed by atoms with Crippen LogP contribution in [0.2, 0.25) is 0 Å². The number of ether oxygens (including phenoxy) is 2. The van der Waals surface area contributed by atoms with E-state index < -0.39 is 21.8 Å². The summed E-state index contributed by atoms with van der Waals surface area (Å²) in [6.45, 7) is 0.385. The Kier molecular flexibility index (Phi) is 6.42. The van der Waals surface area contributed by atoms with E-state index in [9.17, 15) is 18.3 Å². The molecule has 0 radical (unpaired) electrons. The Labute approximate surface area is 208 Å². The molecule has 0 saturated heterocycles. The Bertz CT molecular complexity index is 1540. The van der Waals surface area contributed by atoms with Gasteiger partial charge in [0.05, 0.1) is 23.1 Å². The van der Waals surface area contributed by atoms with Gasteiger partial charge in [-0.05, 0) is 53.4 Å². The highest BCUT2D eigenvalue weighted by Crippen LogP contribution is 2.39. The first-order valence-corrected chi connectivity index (χ1v) is 13.4. The second-order valence-electron chi connectivity index (χ2n) is 8.76. The molecule has 1 atom stereocenters. The van der Waals surface area contributed by atoms with Crippen LogP contribution in [-0.4, -0.2) is 56.5 Å². The molecule has 0 unspecified atom stereocenters. The highest BCUT2D eigenvalue weighted by Gasteiger charge is 2.25. The predicted octanol–water partition coefficient (Wildman–Crippen LogP) is 3.34. The number of aromatic amines is 1. The number of aliphatic hydroxyl groups is 1. The van der Waals surface area contributed by atoms with E-state index in [-0.39, 0.29) is 17.1 Å². The molecule has 0 bridgehead atoms. The Morgan fingerprint density at radius 3 is 2.67 bits per heavy atom. The zero-order valence-corrected chi connectivity index (χ0v) is 20.5. The van der Waals surface area contributed by atoms with Gasteiger partial charge >= 0.3 is 0 Å². The van der Waals surface area contributed by atoms with Crippen LogP contribution < -0.4 is 14.8 Å². The van der Waals surface area contributed by atoms with E-state index in [1.807, 2.05) is 30.5 Å². The number of hydrogen-bond acceptors (Lipinski definition) is 6. The number of para-hydroxylation sites is 1. The third-order valence-corrected chi connectivity index (χ3v) is 7.29. The molecule has 1 aliphatic heterocycles. The summed E-state index contributed by atoms with van der Waals surface area (Å²) in [6.07, 6.45) is 3.47. The quantitative estimate of drug-likeness (QED) is 0.354. The number of fused-ring (bicyclic) bond motifs is 2. The number of rotatable bonds is 7. The lowest BCUT2D eigenvalue weighted by Gasteiger charge is -2.23. The van der Waals surface area contributed by atoms with E-state index >= 15 is 0 Å². The monoisotopic (exact) mass is 506 g/mol. The lowest BCUT2D eigenvalue weighted by molar-refractivity contribution is 0.0906. The van der Waals surface area contributed by atoms with Gasteiger partial charge in [-0.15, -0.1) is 0 Å². The first-order valence-electron chi connectivity index (χ1n) is 11.5. The van der Waals surface area contributed by atoms with Crippen molar-refractivity contribution in [3.63, 3.8) is 0 Å². The molecule has 1 aromatic heterocycles. The number of carbonyl (C=O) groups excluding carboxylic acids is 1. The molecule has 2 heterocycles. The van der Waals surface area contributed by atoms with Crippen LogP contribution in [0.25, 0.3) is 22.0 Å². The number of nitrogens with one attached hydrogen (secondary N) is 2. The maximum absolute atomic E-state index is 13.4.